The Bertz CT molecular complexity index is 517. The zero-order chi connectivity index (χ0) is 14.7. The van der Waals surface area contributed by atoms with Crippen molar-refractivity contribution in [2.75, 3.05) is 25.0 Å². The summed E-state index contributed by atoms with van der Waals surface area (Å²) in [7, 11) is 0. The summed E-state index contributed by atoms with van der Waals surface area (Å²) in [6.07, 6.45) is -0.143. The number of urea groups is 1. The van der Waals surface area contributed by atoms with E-state index in [2.05, 4.69) is 10.3 Å². The van der Waals surface area contributed by atoms with Gasteiger partial charge < -0.3 is 14.7 Å². The maximum atomic E-state index is 12.1. The molecular formula is C12H17N3O4S. The number of nitrogens with zero attached hydrogens (tertiary/aromatic N) is 2. The third-order valence-corrected chi connectivity index (χ3v) is 4.00. The van der Waals surface area contributed by atoms with E-state index < -0.39 is 12.1 Å². The normalized spacial score (nSPS) is 18.9. The molecule has 0 saturated carbocycles. The fourth-order valence-electron chi connectivity index (χ4n) is 1.96. The summed E-state index contributed by atoms with van der Waals surface area (Å²) in [4.78, 5) is 29.8. The molecule has 110 valence electrons. The van der Waals surface area contributed by atoms with Gasteiger partial charge in [0, 0.05) is 11.4 Å². The van der Waals surface area contributed by atoms with Crippen LogP contribution in [0.25, 0.3) is 0 Å². The fraction of sp³-hybridized carbons (Fsp3) is 0.583. The number of hydrogen-bond donors (Lipinski definition) is 2. The monoisotopic (exact) mass is 299 g/mol. The molecule has 8 heteroatoms. The summed E-state index contributed by atoms with van der Waals surface area (Å²) >= 11 is 1.42. The van der Waals surface area contributed by atoms with Crippen molar-refractivity contribution in [1.29, 1.82) is 0 Å². The van der Waals surface area contributed by atoms with Crippen molar-refractivity contribution in [2.24, 2.45) is 0 Å². The Morgan fingerprint density at radius 1 is 1.60 bits per heavy atom. The van der Waals surface area contributed by atoms with Crippen LogP contribution in [0.5, 0.6) is 0 Å². The van der Waals surface area contributed by atoms with Gasteiger partial charge in [-0.05, 0) is 13.3 Å². The minimum atomic E-state index is -1.05. The topological polar surface area (TPSA) is 91.8 Å². The van der Waals surface area contributed by atoms with E-state index in [9.17, 15) is 9.59 Å². The molecule has 0 aromatic carbocycles. The highest BCUT2D eigenvalue weighted by atomic mass is 32.1. The minimum Gasteiger partial charge on any atom is -0.479 e. The van der Waals surface area contributed by atoms with Crippen LogP contribution in [0.1, 0.15) is 17.5 Å². The first-order valence-electron chi connectivity index (χ1n) is 6.38. The lowest BCUT2D eigenvalue weighted by Crippen LogP contribution is -2.49. The number of ether oxygens (including phenoxy) is 1. The van der Waals surface area contributed by atoms with Gasteiger partial charge in [0.15, 0.2) is 11.2 Å². The predicted octanol–water partition coefficient (Wildman–Crippen LogP) is 1.33. The summed E-state index contributed by atoms with van der Waals surface area (Å²) in [5.74, 6) is -1.05. The molecule has 1 atom stereocenters. The van der Waals surface area contributed by atoms with Crippen LogP contribution in [0.15, 0.2) is 0 Å². The summed E-state index contributed by atoms with van der Waals surface area (Å²) in [5.41, 5.74) is 0.968. The van der Waals surface area contributed by atoms with Gasteiger partial charge in [-0.25, -0.2) is 14.6 Å². The number of hydrogen-bond acceptors (Lipinski definition) is 5. The molecule has 20 heavy (non-hydrogen) atoms. The van der Waals surface area contributed by atoms with Gasteiger partial charge in [0.1, 0.15) is 0 Å². The summed E-state index contributed by atoms with van der Waals surface area (Å²) in [6, 6.07) is -0.337. The quantitative estimate of drug-likeness (QED) is 0.878. The van der Waals surface area contributed by atoms with Crippen molar-refractivity contribution in [3.05, 3.63) is 10.6 Å². The lowest BCUT2D eigenvalue weighted by molar-refractivity contribution is -0.154. The molecule has 2 amide bonds. The maximum Gasteiger partial charge on any atom is 0.334 e. The number of carbonyl (C=O) groups excluding carboxylic acids is 1. The number of thiazole rings is 1. The molecule has 1 aromatic rings. The number of carboxylic acid groups (broad SMARTS) is 1. The van der Waals surface area contributed by atoms with E-state index >= 15 is 0 Å². The van der Waals surface area contributed by atoms with Crippen molar-refractivity contribution in [2.45, 2.75) is 26.4 Å². The third-order valence-electron chi connectivity index (χ3n) is 3.07. The van der Waals surface area contributed by atoms with Crippen molar-refractivity contribution >= 4 is 28.5 Å². The number of carboxylic acids is 1. The Kier molecular flexibility index (Phi) is 4.56. The third kappa shape index (κ3) is 3.26. The van der Waals surface area contributed by atoms with Crippen molar-refractivity contribution in [3.8, 4) is 0 Å². The number of aromatic nitrogens is 1. The molecule has 0 spiro atoms. The molecule has 1 aliphatic rings. The Balaban J connectivity index is 1.98. The molecule has 1 fully saturated rings. The van der Waals surface area contributed by atoms with Crippen LogP contribution in [0.2, 0.25) is 0 Å². The maximum absolute atomic E-state index is 12.1. The van der Waals surface area contributed by atoms with Crippen molar-refractivity contribution in [3.63, 3.8) is 0 Å². The number of anilines is 1. The SMILES string of the molecule is CCc1nc(NC(=O)N2CCOC(C(=O)O)C2)sc1C. The summed E-state index contributed by atoms with van der Waals surface area (Å²) in [5, 5.41) is 12.2. The van der Waals surface area contributed by atoms with Gasteiger partial charge >= 0.3 is 12.0 Å². The van der Waals surface area contributed by atoms with E-state index in [1.165, 1.54) is 16.2 Å². The van der Waals surface area contributed by atoms with Crippen LogP contribution in [0, 0.1) is 6.92 Å². The standard InChI is InChI=1S/C12H17N3O4S/c1-3-8-7(2)20-11(13-8)14-12(18)15-4-5-19-9(6-15)10(16)17/h9H,3-6H2,1-2H3,(H,16,17)(H,13,14,18). The average Bonchev–Trinajstić information content (AvgIpc) is 2.78. The Morgan fingerprint density at radius 3 is 2.95 bits per heavy atom. The lowest BCUT2D eigenvalue weighted by atomic mass is 10.3. The van der Waals surface area contributed by atoms with E-state index in [-0.39, 0.29) is 19.2 Å². The highest BCUT2D eigenvalue weighted by Gasteiger charge is 2.29. The molecule has 2 heterocycles. The molecule has 1 aromatic heterocycles. The van der Waals surface area contributed by atoms with Gasteiger partial charge in [-0.2, -0.15) is 0 Å². The Hall–Kier alpha value is -1.67. The van der Waals surface area contributed by atoms with E-state index in [4.69, 9.17) is 9.84 Å². The van der Waals surface area contributed by atoms with Gasteiger partial charge in [-0.1, -0.05) is 6.92 Å². The molecular weight excluding hydrogens is 282 g/mol. The number of aryl methyl sites for hydroxylation is 2. The van der Waals surface area contributed by atoms with Crippen LogP contribution in [-0.4, -0.2) is 52.8 Å². The Labute approximate surface area is 120 Å². The van der Waals surface area contributed by atoms with Crippen LogP contribution in [-0.2, 0) is 16.0 Å². The average molecular weight is 299 g/mol. The smallest absolute Gasteiger partial charge is 0.334 e. The van der Waals surface area contributed by atoms with E-state index in [1.807, 2.05) is 13.8 Å². The van der Waals surface area contributed by atoms with Crippen molar-refractivity contribution in [1.82, 2.24) is 9.88 Å². The molecule has 0 aliphatic carbocycles. The van der Waals surface area contributed by atoms with Gasteiger partial charge in [-0.3, -0.25) is 5.32 Å². The van der Waals surface area contributed by atoms with Gasteiger partial charge in [0.25, 0.3) is 0 Å². The van der Waals surface area contributed by atoms with Crippen molar-refractivity contribution < 1.29 is 19.4 Å². The summed E-state index contributed by atoms with van der Waals surface area (Å²) < 4.78 is 5.08. The molecule has 1 unspecified atom stereocenters. The van der Waals surface area contributed by atoms with Crippen LogP contribution < -0.4 is 5.32 Å². The largest absolute Gasteiger partial charge is 0.479 e. The van der Waals surface area contributed by atoms with Gasteiger partial charge in [0.05, 0.1) is 18.8 Å². The molecule has 7 nitrogen and oxygen atoms in total. The van der Waals surface area contributed by atoms with Crippen LogP contribution in [0.4, 0.5) is 9.93 Å². The van der Waals surface area contributed by atoms with Gasteiger partial charge in [0.2, 0.25) is 0 Å². The minimum absolute atomic E-state index is 0.0478. The van der Waals surface area contributed by atoms with E-state index in [1.54, 1.807) is 0 Å². The highest BCUT2D eigenvalue weighted by Crippen LogP contribution is 2.22. The van der Waals surface area contributed by atoms with Crippen LogP contribution >= 0.6 is 11.3 Å². The van der Waals surface area contributed by atoms with Gasteiger partial charge in [-0.15, -0.1) is 11.3 Å². The molecule has 1 saturated heterocycles. The first kappa shape index (κ1) is 14.7. The number of aliphatic carboxylic acids is 1. The predicted molar refractivity (Wildman–Crippen MR) is 74.2 cm³/mol. The molecule has 2 rings (SSSR count). The zero-order valence-electron chi connectivity index (χ0n) is 11.4. The molecule has 0 bridgehead atoms. The fourth-order valence-corrected chi connectivity index (χ4v) is 2.86. The van der Waals surface area contributed by atoms with Crippen LogP contribution in [0.3, 0.4) is 0 Å². The Morgan fingerprint density at radius 2 is 2.35 bits per heavy atom. The number of morpholine rings is 1. The molecule has 1 aliphatic heterocycles. The zero-order valence-corrected chi connectivity index (χ0v) is 12.2. The first-order chi connectivity index (χ1) is 9.51. The second-order valence-corrected chi connectivity index (χ2v) is 5.65. The second kappa shape index (κ2) is 6.19. The lowest BCUT2D eigenvalue weighted by Gasteiger charge is -2.30. The number of nitrogens with one attached hydrogen (secondary N) is 1. The summed E-state index contributed by atoms with van der Waals surface area (Å²) in [6.45, 7) is 4.61. The number of rotatable bonds is 3. The highest BCUT2D eigenvalue weighted by molar-refractivity contribution is 7.15. The first-order valence-corrected chi connectivity index (χ1v) is 7.19. The number of carbonyl (C=O) groups is 2. The molecule has 0 radical (unpaired) electrons. The molecule has 2 N–H and O–H groups in total. The number of amides is 2. The van der Waals surface area contributed by atoms with E-state index in [0.717, 1.165) is 17.0 Å². The second-order valence-electron chi connectivity index (χ2n) is 4.45. The van der Waals surface area contributed by atoms with E-state index in [0.29, 0.717) is 11.7 Å².